The maximum Gasteiger partial charge on any atom is 0.321 e. The maximum absolute atomic E-state index is 11.7. The van der Waals surface area contributed by atoms with E-state index in [9.17, 15) is 14.4 Å². The van der Waals surface area contributed by atoms with Crippen LogP contribution >= 0.6 is 0 Å². The maximum atomic E-state index is 11.7. The van der Waals surface area contributed by atoms with Crippen molar-refractivity contribution in [2.24, 2.45) is 11.3 Å². The molecule has 0 aromatic carbocycles. The molecule has 0 aliphatic carbocycles. The molecule has 0 bridgehead atoms. The van der Waals surface area contributed by atoms with Crippen LogP contribution in [0.5, 0.6) is 0 Å². The highest BCUT2D eigenvalue weighted by molar-refractivity contribution is 6.01. The summed E-state index contributed by atoms with van der Waals surface area (Å²) in [7, 11) is 0. The first-order chi connectivity index (χ1) is 8.32. The zero-order valence-electron chi connectivity index (χ0n) is 11.0. The van der Waals surface area contributed by atoms with E-state index in [1.165, 1.54) is 19.3 Å². The quantitative estimate of drug-likeness (QED) is 0.308. The van der Waals surface area contributed by atoms with E-state index >= 15 is 0 Å². The fourth-order valence-electron chi connectivity index (χ4n) is 1.41. The van der Waals surface area contributed by atoms with E-state index in [4.69, 9.17) is 14.7 Å². The third-order valence-corrected chi connectivity index (χ3v) is 2.45. The van der Waals surface area contributed by atoms with Crippen molar-refractivity contribution in [2.45, 2.75) is 27.7 Å². The van der Waals surface area contributed by atoms with Gasteiger partial charge >= 0.3 is 11.9 Å². The lowest BCUT2D eigenvalue weighted by Crippen LogP contribution is -2.48. The number of hydrogen-bond acceptors (Lipinski definition) is 6. The molecule has 18 heavy (non-hydrogen) atoms. The van der Waals surface area contributed by atoms with Gasteiger partial charge in [-0.3, -0.25) is 19.6 Å². The van der Waals surface area contributed by atoms with Crippen molar-refractivity contribution in [2.75, 3.05) is 13.2 Å². The first kappa shape index (κ1) is 16.4. The molecule has 0 aromatic heterocycles. The zero-order valence-corrected chi connectivity index (χ0v) is 11.0. The summed E-state index contributed by atoms with van der Waals surface area (Å²) < 4.78 is 9.50. The number of esters is 2. The number of carbonyl (C=O) groups is 3. The Morgan fingerprint density at radius 2 is 1.50 bits per heavy atom. The molecule has 0 spiro atoms. The van der Waals surface area contributed by atoms with E-state index in [0.29, 0.717) is 0 Å². The number of hydroxylamine groups is 1. The number of hydrogen-bond donors (Lipinski definition) is 2. The lowest BCUT2D eigenvalue weighted by Gasteiger charge is -2.28. The van der Waals surface area contributed by atoms with Crippen LogP contribution in [0.2, 0.25) is 0 Å². The van der Waals surface area contributed by atoms with Crippen LogP contribution in [-0.4, -0.2) is 36.3 Å². The molecule has 0 heterocycles. The third kappa shape index (κ3) is 3.69. The molecule has 0 atom stereocenters. The highest BCUT2D eigenvalue weighted by atomic mass is 16.6. The van der Waals surface area contributed by atoms with Crippen molar-refractivity contribution in [1.29, 1.82) is 0 Å². The first-order valence-corrected chi connectivity index (χ1v) is 5.60. The second-order valence-corrected chi connectivity index (χ2v) is 4.10. The number of amides is 1. The smallest absolute Gasteiger partial charge is 0.321 e. The van der Waals surface area contributed by atoms with Gasteiger partial charge < -0.3 is 9.47 Å². The Balaban J connectivity index is 5.26. The van der Waals surface area contributed by atoms with Crippen molar-refractivity contribution in [1.82, 2.24) is 5.48 Å². The van der Waals surface area contributed by atoms with Crippen molar-refractivity contribution in [3.8, 4) is 0 Å². The SMILES string of the molecule is CCOC(=O)C(C(=O)OCC)C(C)(C)C(=O)NO. The fourth-order valence-corrected chi connectivity index (χ4v) is 1.41. The minimum absolute atomic E-state index is 0.0750. The van der Waals surface area contributed by atoms with Crippen molar-refractivity contribution >= 4 is 17.8 Å². The lowest BCUT2D eigenvalue weighted by atomic mass is 9.78. The summed E-state index contributed by atoms with van der Waals surface area (Å²) >= 11 is 0. The highest BCUT2D eigenvalue weighted by Crippen LogP contribution is 2.29. The van der Waals surface area contributed by atoms with Crippen molar-refractivity contribution in [3.63, 3.8) is 0 Å². The molecule has 0 fully saturated rings. The molecule has 0 saturated carbocycles. The minimum atomic E-state index is -1.48. The molecule has 0 aliphatic rings. The topological polar surface area (TPSA) is 102 Å². The summed E-state index contributed by atoms with van der Waals surface area (Å²) in [4.78, 5) is 35.0. The van der Waals surface area contributed by atoms with Gasteiger partial charge in [-0.15, -0.1) is 0 Å². The largest absolute Gasteiger partial charge is 0.465 e. The van der Waals surface area contributed by atoms with Gasteiger partial charge in [0.05, 0.1) is 18.6 Å². The van der Waals surface area contributed by atoms with Crippen LogP contribution in [0, 0.1) is 11.3 Å². The molecular weight excluding hydrogens is 242 g/mol. The van der Waals surface area contributed by atoms with Gasteiger partial charge in [-0.1, -0.05) is 0 Å². The molecule has 0 radical (unpaired) electrons. The van der Waals surface area contributed by atoms with Gasteiger partial charge in [-0.25, -0.2) is 5.48 Å². The van der Waals surface area contributed by atoms with E-state index in [1.54, 1.807) is 13.8 Å². The number of carbonyl (C=O) groups excluding carboxylic acids is 3. The Morgan fingerprint density at radius 1 is 1.11 bits per heavy atom. The van der Waals surface area contributed by atoms with Crippen LogP contribution in [0.4, 0.5) is 0 Å². The second kappa shape index (κ2) is 6.95. The van der Waals surface area contributed by atoms with Crippen LogP contribution in [0.3, 0.4) is 0 Å². The lowest BCUT2D eigenvalue weighted by molar-refractivity contribution is -0.172. The minimum Gasteiger partial charge on any atom is -0.465 e. The van der Waals surface area contributed by atoms with E-state index < -0.39 is 29.2 Å². The number of ether oxygens (including phenoxy) is 2. The van der Waals surface area contributed by atoms with E-state index in [2.05, 4.69) is 0 Å². The molecular formula is C11H19NO6. The molecule has 104 valence electrons. The van der Waals surface area contributed by atoms with Crippen molar-refractivity contribution in [3.05, 3.63) is 0 Å². The monoisotopic (exact) mass is 261 g/mol. The second-order valence-electron chi connectivity index (χ2n) is 4.10. The predicted octanol–water partition coefficient (Wildman–Crippen LogP) is 0.260. The molecule has 0 rings (SSSR count). The summed E-state index contributed by atoms with van der Waals surface area (Å²) in [6, 6.07) is 0. The molecule has 7 nitrogen and oxygen atoms in total. The summed E-state index contributed by atoms with van der Waals surface area (Å²) in [5.74, 6) is -4.01. The molecule has 0 aromatic rings. The Labute approximate surface area is 105 Å². The standard InChI is InChI=1S/C11H19NO6/c1-5-17-8(13)7(9(14)18-6-2)11(3,4)10(15)12-16/h7,16H,5-6H2,1-4H3,(H,12,15). The summed E-state index contributed by atoms with van der Waals surface area (Å²) in [6.07, 6.45) is 0. The van der Waals surface area contributed by atoms with Gasteiger partial charge in [0.1, 0.15) is 0 Å². The van der Waals surface area contributed by atoms with Crippen LogP contribution < -0.4 is 5.48 Å². The Bertz CT molecular complexity index is 307. The van der Waals surface area contributed by atoms with Gasteiger partial charge in [0.2, 0.25) is 5.91 Å². The van der Waals surface area contributed by atoms with Gasteiger partial charge in [0.15, 0.2) is 5.92 Å². The van der Waals surface area contributed by atoms with Gasteiger partial charge in [0, 0.05) is 0 Å². The third-order valence-electron chi connectivity index (χ3n) is 2.45. The van der Waals surface area contributed by atoms with Gasteiger partial charge in [0.25, 0.3) is 0 Å². The zero-order chi connectivity index (χ0) is 14.3. The molecule has 2 N–H and O–H groups in total. The normalized spacial score (nSPS) is 11.0. The summed E-state index contributed by atoms with van der Waals surface area (Å²) in [5.41, 5.74) is -0.0537. The molecule has 0 aliphatic heterocycles. The van der Waals surface area contributed by atoms with Gasteiger partial charge in [-0.2, -0.15) is 0 Å². The Hall–Kier alpha value is -1.63. The van der Waals surface area contributed by atoms with E-state index in [-0.39, 0.29) is 13.2 Å². The molecule has 7 heteroatoms. The Morgan fingerprint density at radius 3 is 1.78 bits per heavy atom. The summed E-state index contributed by atoms with van der Waals surface area (Å²) in [5, 5.41) is 8.64. The van der Waals surface area contributed by atoms with Crippen LogP contribution in [0.15, 0.2) is 0 Å². The van der Waals surface area contributed by atoms with Crippen molar-refractivity contribution < 1.29 is 29.1 Å². The predicted molar refractivity (Wildman–Crippen MR) is 60.5 cm³/mol. The number of rotatable bonds is 6. The van der Waals surface area contributed by atoms with Crippen LogP contribution in [0.25, 0.3) is 0 Å². The fraction of sp³-hybridized carbons (Fsp3) is 0.727. The first-order valence-electron chi connectivity index (χ1n) is 5.60. The average molecular weight is 261 g/mol. The highest BCUT2D eigenvalue weighted by Gasteiger charge is 2.48. The number of nitrogens with one attached hydrogen (secondary N) is 1. The molecule has 1 amide bonds. The molecule has 0 unspecified atom stereocenters. The molecule has 0 saturated heterocycles. The van der Waals surface area contributed by atoms with E-state index in [0.717, 1.165) is 0 Å². The summed E-state index contributed by atoms with van der Waals surface area (Å²) in [6.45, 7) is 6.00. The van der Waals surface area contributed by atoms with Gasteiger partial charge in [-0.05, 0) is 27.7 Å². The van der Waals surface area contributed by atoms with Crippen LogP contribution in [0.1, 0.15) is 27.7 Å². The Kier molecular flexibility index (Phi) is 6.32. The van der Waals surface area contributed by atoms with Crippen LogP contribution in [-0.2, 0) is 23.9 Å². The van der Waals surface area contributed by atoms with E-state index in [1.807, 2.05) is 0 Å². The average Bonchev–Trinajstić information content (AvgIpc) is 2.28.